The monoisotopic (exact) mass is 332 g/mol. The van der Waals surface area contributed by atoms with Crippen LogP contribution in [-0.2, 0) is 9.53 Å². The van der Waals surface area contributed by atoms with E-state index in [9.17, 15) is 9.90 Å². The van der Waals surface area contributed by atoms with Gasteiger partial charge in [0, 0.05) is 38.3 Å². The molecule has 130 valence electrons. The molecule has 0 spiro atoms. The predicted octanol–water partition coefficient (Wildman–Crippen LogP) is 2.06. The summed E-state index contributed by atoms with van der Waals surface area (Å²) in [4.78, 5) is 21.6. The molecule has 3 N–H and O–H groups in total. The SMILES string of the molecule is CCC/C=C/C(C(=O)O)=C1/C(OC)=NC(C(C=NC)=CN)=CN1C. The van der Waals surface area contributed by atoms with E-state index in [-0.39, 0.29) is 11.5 Å². The van der Waals surface area contributed by atoms with Crippen LogP contribution in [0.25, 0.3) is 0 Å². The van der Waals surface area contributed by atoms with E-state index >= 15 is 0 Å². The number of aliphatic carboxylic acids is 1. The van der Waals surface area contributed by atoms with Crippen molar-refractivity contribution in [2.75, 3.05) is 21.2 Å². The van der Waals surface area contributed by atoms with Crippen LogP contribution in [0, 0.1) is 0 Å². The van der Waals surface area contributed by atoms with Gasteiger partial charge >= 0.3 is 5.97 Å². The minimum absolute atomic E-state index is 0.115. The lowest BCUT2D eigenvalue weighted by atomic mass is 10.1. The molecule has 1 rings (SSSR count). The van der Waals surface area contributed by atoms with E-state index in [1.807, 2.05) is 13.0 Å². The maximum Gasteiger partial charge on any atom is 0.338 e. The molecule has 0 fully saturated rings. The molecule has 1 aliphatic heterocycles. The second-order valence-electron chi connectivity index (χ2n) is 5.01. The van der Waals surface area contributed by atoms with Gasteiger partial charge in [0.25, 0.3) is 0 Å². The first-order chi connectivity index (χ1) is 11.5. The van der Waals surface area contributed by atoms with Crippen molar-refractivity contribution in [1.29, 1.82) is 0 Å². The minimum Gasteiger partial charge on any atom is -0.479 e. The fourth-order valence-corrected chi connectivity index (χ4v) is 2.13. The lowest BCUT2D eigenvalue weighted by Crippen LogP contribution is -2.28. The molecule has 1 heterocycles. The third-order valence-electron chi connectivity index (χ3n) is 3.26. The molecule has 0 radical (unpaired) electrons. The van der Waals surface area contributed by atoms with Crippen molar-refractivity contribution in [2.24, 2.45) is 15.7 Å². The molecule has 7 nitrogen and oxygen atoms in total. The largest absolute Gasteiger partial charge is 0.479 e. The summed E-state index contributed by atoms with van der Waals surface area (Å²) >= 11 is 0. The maximum atomic E-state index is 11.7. The molecular formula is C17H24N4O3. The van der Waals surface area contributed by atoms with Crippen LogP contribution in [0.5, 0.6) is 0 Å². The van der Waals surface area contributed by atoms with Gasteiger partial charge in [-0.3, -0.25) is 4.99 Å². The summed E-state index contributed by atoms with van der Waals surface area (Å²) in [5.41, 5.74) is 7.24. The van der Waals surface area contributed by atoms with Gasteiger partial charge in [-0.1, -0.05) is 19.4 Å². The van der Waals surface area contributed by atoms with Crippen LogP contribution in [0.3, 0.4) is 0 Å². The average molecular weight is 332 g/mol. The van der Waals surface area contributed by atoms with Crippen molar-refractivity contribution in [2.45, 2.75) is 19.8 Å². The molecule has 1 aliphatic rings. The summed E-state index contributed by atoms with van der Waals surface area (Å²) in [6, 6.07) is 0. The molecule has 0 amide bonds. The first kappa shape index (κ1) is 19.2. The standard InChI is InChI=1S/C17H24N4O3/c1-5-6-7-8-13(17(22)23)15-16(24-4)20-14(11-21(15)3)12(9-18)10-19-2/h7-11H,5-6,18H2,1-4H3,(H,22,23)/b8-7+,12-9?,15-13+,19-10?. The number of nitrogens with zero attached hydrogens (tertiary/aromatic N) is 3. The number of hydrogen-bond acceptors (Lipinski definition) is 6. The number of rotatable bonds is 6. The number of likely N-dealkylation sites (N-methyl/N-ethyl adjacent to an activating group) is 1. The van der Waals surface area contributed by atoms with Gasteiger partial charge < -0.3 is 20.5 Å². The molecule has 0 aromatic heterocycles. The molecule has 0 atom stereocenters. The third kappa shape index (κ3) is 4.58. The second-order valence-corrected chi connectivity index (χ2v) is 5.01. The molecule has 0 aromatic carbocycles. The highest BCUT2D eigenvalue weighted by atomic mass is 16.5. The molecule has 0 unspecified atom stereocenters. The summed E-state index contributed by atoms with van der Waals surface area (Å²) in [6.45, 7) is 2.03. The third-order valence-corrected chi connectivity index (χ3v) is 3.26. The number of nitrogens with two attached hydrogens (primary N) is 1. The Morgan fingerprint density at radius 2 is 2.25 bits per heavy atom. The number of unbranched alkanes of at least 4 members (excludes halogenated alkanes) is 1. The van der Waals surface area contributed by atoms with Gasteiger partial charge in [0.15, 0.2) is 0 Å². The van der Waals surface area contributed by atoms with E-state index in [1.165, 1.54) is 13.3 Å². The Morgan fingerprint density at radius 3 is 2.75 bits per heavy atom. The Morgan fingerprint density at radius 1 is 1.54 bits per heavy atom. The minimum atomic E-state index is -1.05. The normalized spacial score (nSPS) is 18.0. The zero-order chi connectivity index (χ0) is 18.1. The van der Waals surface area contributed by atoms with Crippen LogP contribution < -0.4 is 5.73 Å². The van der Waals surface area contributed by atoms with Gasteiger partial charge in [-0.05, 0) is 12.5 Å². The van der Waals surface area contributed by atoms with Crippen molar-refractivity contribution in [3.05, 3.63) is 47.1 Å². The number of allylic oxidation sites excluding steroid dienone is 2. The molecule has 7 heteroatoms. The van der Waals surface area contributed by atoms with Gasteiger partial charge in [-0.2, -0.15) is 0 Å². The molecule has 0 saturated carbocycles. The highest BCUT2D eigenvalue weighted by Gasteiger charge is 2.25. The van der Waals surface area contributed by atoms with Crippen molar-refractivity contribution < 1.29 is 14.6 Å². The van der Waals surface area contributed by atoms with E-state index < -0.39 is 5.97 Å². The molecule has 0 saturated heterocycles. The van der Waals surface area contributed by atoms with E-state index in [2.05, 4.69) is 9.98 Å². The van der Waals surface area contributed by atoms with Crippen LogP contribution in [0.2, 0.25) is 0 Å². The summed E-state index contributed by atoms with van der Waals surface area (Å²) in [6.07, 6.45) is 9.78. The van der Waals surface area contributed by atoms with Gasteiger partial charge in [-0.25, -0.2) is 9.79 Å². The number of carbonyl (C=O) groups is 1. The van der Waals surface area contributed by atoms with E-state index in [1.54, 1.807) is 37.5 Å². The number of aliphatic imine (C=N–C) groups is 2. The lowest BCUT2D eigenvalue weighted by Gasteiger charge is -2.26. The summed E-state index contributed by atoms with van der Waals surface area (Å²) in [7, 11) is 4.81. The number of methoxy groups -OCH3 is 1. The van der Waals surface area contributed by atoms with Crippen LogP contribution >= 0.6 is 0 Å². The zero-order valence-electron chi connectivity index (χ0n) is 14.5. The van der Waals surface area contributed by atoms with Gasteiger partial charge in [0.1, 0.15) is 5.70 Å². The number of carboxylic acids is 1. The Balaban J connectivity index is 3.42. The smallest absolute Gasteiger partial charge is 0.338 e. The highest BCUT2D eigenvalue weighted by Crippen LogP contribution is 2.24. The van der Waals surface area contributed by atoms with Crippen molar-refractivity contribution in [1.82, 2.24) is 4.90 Å². The number of ether oxygens (including phenoxy) is 1. The summed E-state index contributed by atoms with van der Waals surface area (Å²) in [5, 5.41) is 9.54. The molecule has 24 heavy (non-hydrogen) atoms. The second kappa shape index (κ2) is 9.34. The van der Waals surface area contributed by atoms with Crippen molar-refractivity contribution >= 4 is 18.1 Å². The van der Waals surface area contributed by atoms with Gasteiger partial charge in [0.2, 0.25) is 5.90 Å². The molecule has 0 aromatic rings. The Hall–Kier alpha value is -2.83. The summed E-state index contributed by atoms with van der Waals surface area (Å²) < 4.78 is 5.31. The fourth-order valence-electron chi connectivity index (χ4n) is 2.13. The first-order valence-corrected chi connectivity index (χ1v) is 7.56. The fraction of sp³-hybridized carbons (Fsp3) is 0.353. The maximum absolute atomic E-state index is 11.7. The Labute approximate surface area is 142 Å². The predicted molar refractivity (Wildman–Crippen MR) is 95.7 cm³/mol. The molecule has 0 bridgehead atoms. The van der Waals surface area contributed by atoms with Crippen molar-refractivity contribution in [3.8, 4) is 0 Å². The van der Waals surface area contributed by atoms with Crippen LogP contribution in [0.1, 0.15) is 19.8 Å². The topological polar surface area (TPSA) is 101 Å². The average Bonchev–Trinajstić information content (AvgIpc) is 2.56. The zero-order valence-corrected chi connectivity index (χ0v) is 14.5. The molecular weight excluding hydrogens is 308 g/mol. The highest BCUT2D eigenvalue weighted by molar-refractivity contribution is 6.05. The van der Waals surface area contributed by atoms with E-state index in [0.717, 1.165) is 12.8 Å². The van der Waals surface area contributed by atoms with Crippen LogP contribution in [0.15, 0.2) is 57.1 Å². The Kier molecular flexibility index (Phi) is 7.48. The van der Waals surface area contributed by atoms with Crippen molar-refractivity contribution in [3.63, 3.8) is 0 Å². The number of carboxylic acid groups (broad SMARTS) is 1. The first-order valence-electron chi connectivity index (χ1n) is 7.56. The van der Waals surface area contributed by atoms with Crippen LogP contribution in [-0.4, -0.2) is 49.3 Å². The van der Waals surface area contributed by atoms with Crippen LogP contribution in [0.4, 0.5) is 0 Å². The van der Waals surface area contributed by atoms with Gasteiger partial charge in [0.05, 0.1) is 18.4 Å². The van der Waals surface area contributed by atoms with Gasteiger partial charge in [-0.15, -0.1) is 0 Å². The lowest BCUT2D eigenvalue weighted by molar-refractivity contribution is -0.132. The quantitative estimate of drug-likeness (QED) is 0.573. The van der Waals surface area contributed by atoms with E-state index in [4.69, 9.17) is 10.5 Å². The van der Waals surface area contributed by atoms with E-state index in [0.29, 0.717) is 17.0 Å². The number of hydrogen-bond donors (Lipinski definition) is 2. The Bertz CT molecular complexity index is 655. The molecule has 0 aliphatic carbocycles. The summed E-state index contributed by atoms with van der Waals surface area (Å²) in [5.74, 6) is -0.840.